The van der Waals surface area contributed by atoms with Crippen LogP contribution in [0.2, 0.25) is 0 Å². The van der Waals surface area contributed by atoms with Crippen LogP contribution in [0.1, 0.15) is 95.0 Å². The third-order valence-corrected chi connectivity index (χ3v) is 5.63. The third kappa shape index (κ3) is 7.93. The molecule has 2 unspecified atom stereocenters. The lowest BCUT2D eigenvalue weighted by molar-refractivity contribution is 0.0685. The van der Waals surface area contributed by atoms with E-state index in [1.165, 1.54) is 44.1 Å². The van der Waals surface area contributed by atoms with Gasteiger partial charge in [0.1, 0.15) is 0 Å². The van der Waals surface area contributed by atoms with Crippen LogP contribution in [-0.4, -0.2) is 23.9 Å². The number of hydrogen-bond acceptors (Lipinski definition) is 1. The Morgan fingerprint density at radius 2 is 1.31 bits per heavy atom. The summed E-state index contributed by atoms with van der Waals surface area (Å²) < 4.78 is 0. The van der Waals surface area contributed by atoms with Gasteiger partial charge in [-0.1, -0.05) is 83.9 Å². The summed E-state index contributed by atoms with van der Waals surface area (Å²) >= 11 is 0. The summed E-state index contributed by atoms with van der Waals surface area (Å²) in [7, 11) is 0. The highest BCUT2D eigenvalue weighted by molar-refractivity contribution is 5.94. The lowest BCUT2D eigenvalue weighted by atomic mass is 9.95. The molecular weight excluding hydrogens is 318 g/mol. The Balaban J connectivity index is 2.91. The molecule has 0 aliphatic rings. The molecule has 26 heavy (non-hydrogen) atoms. The first-order valence-electron chi connectivity index (χ1n) is 10.9. The minimum Gasteiger partial charge on any atom is -0.338 e. The second-order valence-electron chi connectivity index (χ2n) is 7.91. The SMILES string of the molecule is CCCCC(CC)CN(CC(CC)CCCC)C(=O)c1ccc(C)cc1. The van der Waals surface area contributed by atoms with Crippen LogP contribution >= 0.6 is 0 Å². The molecule has 148 valence electrons. The fraction of sp³-hybridized carbons (Fsp3) is 0.708. The molecule has 0 fully saturated rings. The predicted molar refractivity (Wildman–Crippen MR) is 114 cm³/mol. The molecule has 0 spiro atoms. The van der Waals surface area contributed by atoms with Gasteiger partial charge in [-0.3, -0.25) is 4.79 Å². The summed E-state index contributed by atoms with van der Waals surface area (Å²) in [5.41, 5.74) is 2.04. The maximum atomic E-state index is 13.2. The van der Waals surface area contributed by atoms with Gasteiger partial charge in [0.05, 0.1) is 0 Å². The first-order chi connectivity index (χ1) is 12.5. The molecule has 0 radical (unpaired) electrons. The van der Waals surface area contributed by atoms with E-state index in [-0.39, 0.29) is 5.91 Å². The zero-order valence-corrected chi connectivity index (χ0v) is 17.9. The molecule has 1 aromatic rings. The number of aryl methyl sites for hydroxylation is 1. The number of carbonyl (C=O) groups excluding carboxylic acids is 1. The molecule has 2 atom stereocenters. The van der Waals surface area contributed by atoms with Gasteiger partial charge in [0.25, 0.3) is 5.91 Å². The number of benzene rings is 1. The number of rotatable bonds is 13. The van der Waals surface area contributed by atoms with Gasteiger partial charge < -0.3 is 4.90 Å². The van der Waals surface area contributed by atoms with Gasteiger partial charge in [-0.05, 0) is 43.7 Å². The van der Waals surface area contributed by atoms with Gasteiger partial charge in [0.15, 0.2) is 0 Å². The van der Waals surface area contributed by atoms with Crippen LogP contribution < -0.4 is 0 Å². The van der Waals surface area contributed by atoms with Crippen LogP contribution in [0.4, 0.5) is 0 Å². The number of nitrogens with zero attached hydrogens (tertiary/aromatic N) is 1. The van der Waals surface area contributed by atoms with E-state index in [4.69, 9.17) is 0 Å². The van der Waals surface area contributed by atoms with E-state index >= 15 is 0 Å². The van der Waals surface area contributed by atoms with Crippen LogP contribution in [0, 0.1) is 18.8 Å². The van der Waals surface area contributed by atoms with Crippen molar-refractivity contribution < 1.29 is 4.79 Å². The van der Waals surface area contributed by atoms with Crippen molar-refractivity contribution in [2.24, 2.45) is 11.8 Å². The van der Waals surface area contributed by atoms with Gasteiger partial charge in [-0.25, -0.2) is 0 Å². The molecule has 0 heterocycles. The fourth-order valence-corrected chi connectivity index (χ4v) is 3.58. The van der Waals surface area contributed by atoms with Crippen molar-refractivity contribution in [1.82, 2.24) is 4.90 Å². The van der Waals surface area contributed by atoms with E-state index in [1.54, 1.807) is 0 Å². The van der Waals surface area contributed by atoms with Crippen molar-refractivity contribution in [2.75, 3.05) is 13.1 Å². The highest BCUT2D eigenvalue weighted by Crippen LogP contribution is 2.21. The molecule has 1 amide bonds. The highest BCUT2D eigenvalue weighted by Gasteiger charge is 2.22. The summed E-state index contributed by atoms with van der Waals surface area (Å²) in [5, 5.41) is 0. The quantitative estimate of drug-likeness (QED) is 0.376. The van der Waals surface area contributed by atoms with Crippen LogP contribution in [-0.2, 0) is 0 Å². The summed E-state index contributed by atoms with van der Waals surface area (Å²) in [6.45, 7) is 12.9. The molecule has 1 rings (SSSR count). The van der Waals surface area contributed by atoms with Gasteiger partial charge in [-0.15, -0.1) is 0 Å². The van der Waals surface area contributed by atoms with E-state index in [0.717, 1.165) is 31.5 Å². The standard InChI is InChI=1S/C24H41NO/c1-6-10-12-21(8-3)18-25(19-22(9-4)13-11-7-2)24(26)23-16-14-20(5)15-17-23/h14-17,21-22H,6-13,18-19H2,1-5H3. The monoisotopic (exact) mass is 359 g/mol. The van der Waals surface area contributed by atoms with Crippen LogP contribution in [0.15, 0.2) is 24.3 Å². The second kappa shape index (κ2) is 12.9. The average molecular weight is 360 g/mol. The van der Waals surface area contributed by atoms with Crippen molar-refractivity contribution in [1.29, 1.82) is 0 Å². The average Bonchev–Trinajstić information content (AvgIpc) is 2.66. The van der Waals surface area contributed by atoms with Crippen LogP contribution in [0.5, 0.6) is 0 Å². The van der Waals surface area contributed by atoms with Crippen LogP contribution in [0.25, 0.3) is 0 Å². The van der Waals surface area contributed by atoms with E-state index in [9.17, 15) is 4.79 Å². The molecule has 0 N–H and O–H groups in total. The first kappa shape index (κ1) is 22.7. The molecule has 0 bridgehead atoms. The van der Waals surface area contributed by atoms with Gasteiger partial charge in [-0.2, -0.15) is 0 Å². The van der Waals surface area contributed by atoms with Crippen molar-refractivity contribution in [3.63, 3.8) is 0 Å². The smallest absolute Gasteiger partial charge is 0.253 e. The van der Waals surface area contributed by atoms with Crippen LogP contribution in [0.3, 0.4) is 0 Å². The lowest BCUT2D eigenvalue weighted by Crippen LogP contribution is -2.39. The summed E-state index contributed by atoms with van der Waals surface area (Å²) in [6.07, 6.45) is 9.77. The minimum absolute atomic E-state index is 0.217. The molecule has 0 aliphatic carbocycles. The zero-order chi connectivity index (χ0) is 19.4. The first-order valence-corrected chi connectivity index (χ1v) is 10.9. The van der Waals surface area contributed by atoms with E-state index < -0.39 is 0 Å². The second-order valence-corrected chi connectivity index (χ2v) is 7.91. The van der Waals surface area contributed by atoms with Crippen molar-refractivity contribution >= 4 is 5.91 Å². The lowest BCUT2D eigenvalue weighted by Gasteiger charge is -2.31. The molecule has 2 heteroatoms. The van der Waals surface area contributed by atoms with Crippen molar-refractivity contribution in [2.45, 2.75) is 86.0 Å². The molecular formula is C24H41NO. The maximum Gasteiger partial charge on any atom is 0.253 e. The minimum atomic E-state index is 0.217. The number of carbonyl (C=O) groups is 1. The van der Waals surface area contributed by atoms with Gasteiger partial charge >= 0.3 is 0 Å². The third-order valence-electron chi connectivity index (χ3n) is 5.63. The molecule has 0 aliphatic heterocycles. The number of unbranched alkanes of at least 4 members (excludes halogenated alkanes) is 2. The highest BCUT2D eigenvalue weighted by atomic mass is 16.2. The van der Waals surface area contributed by atoms with E-state index in [2.05, 4.69) is 39.5 Å². The Bertz CT molecular complexity index is 475. The molecule has 2 nitrogen and oxygen atoms in total. The zero-order valence-electron chi connectivity index (χ0n) is 17.9. The van der Waals surface area contributed by atoms with Crippen molar-refractivity contribution in [3.8, 4) is 0 Å². The summed E-state index contributed by atoms with van der Waals surface area (Å²) in [5.74, 6) is 1.45. The summed E-state index contributed by atoms with van der Waals surface area (Å²) in [4.78, 5) is 15.4. The van der Waals surface area contributed by atoms with Gasteiger partial charge in [0.2, 0.25) is 0 Å². The Hall–Kier alpha value is -1.31. The molecule has 0 saturated heterocycles. The topological polar surface area (TPSA) is 20.3 Å². The fourth-order valence-electron chi connectivity index (χ4n) is 3.58. The summed E-state index contributed by atoms with van der Waals surface area (Å²) in [6, 6.07) is 8.08. The van der Waals surface area contributed by atoms with Gasteiger partial charge in [0, 0.05) is 18.7 Å². The van der Waals surface area contributed by atoms with E-state index in [0.29, 0.717) is 11.8 Å². The number of hydrogen-bond donors (Lipinski definition) is 0. The Morgan fingerprint density at radius 3 is 1.69 bits per heavy atom. The van der Waals surface area contributed by atoms with E-state index in [1.807, 2.05) is 24.3 Å². The Morgan fingerprint density at radius 1 is 0.846 bits per heavy atom. The largest absolute Gasteiger partial charge is 0.338 e. The number of amides is 1. The van der Waals surface area contributed by atoms with Crippen molar-refractivity contribution in [3.05, 3.63) is 35.4 Å². The normalized spacial score (nSPS) is 13.4. The molecule has 1 aromatic carbocycles. The predicted octanol–water partition coefficient (Wildman–Crippen LogP) is 6.87. The Kier molecular flexibility index (Phi) is 11.3. The molecule has 0 saturated carbocycles. The Labute approximate surface area is 162 Å². The maximum absolute atomic E-state index is 13.2. The molecule has 0 aromatic heterocycles.